The number of halogens is 1. The van der Waals surface area contributed by atoms with E-state index in [1.165, 1.54) is 0 Å². The molecule has 17 heavy (non-hydrogen) atoms. The molecule has 0 atom stereocenters. The van der Waals surface area contributed by atoms with E-state index in [1.54, 1.807) is 10.9 Å². The lowest BCUT2D eigenvalue weighted by molar-refractivity contribution is -0.119. The van der Waals surface area contributed by atoms with Crippen molar-refractivity contribution in [2.45, 2.75) is 12.8 Å². The second kappa shape index (κ2) is 6.90. The number of imide groups is 1. The number of alkyl halides is 1. The lowest BCUT2D eigenvalue weighted by Gasteiger charge is -2.06. The van der Waals surface area contributed by atoms with Crippen molar-refractivity contribution in [2.24, 2.45) is 7.05 Å². The van der Waals surface area contributed by atoms with Gasteiger partial charge in [-0.3, -0.25) is 14.8 Å². The van der Waals surface area contributed by atoms with Gasteiger partial charge < -0.3 is 5.32 Å². The van der Waals surface area contributed by atoms with E-state index >= 15 is 0 Å². The zero-order valence-corrected chi connectivity index (χ0v) is 10.3. The maximum Gasteiger partial charge on any atom is 0.321 e. The van der Waals surface area contributed by atoms with Crippen LogP contribution in [-0.4, -0.2) is 34.1 Å². The van der Waals surface area contributed by atoms with Gasteiger partial charge in [0.1, 0.15) is 0 Å². The van der Waals surface area contributed by atoms with Gasteiger partial charge in [-0.25, -0.2) is 4.79 Å². The minimum absolute atomic E-state index is 0.136. The zero-order chi connectivity index (χ0) is 12.7. The summed E-state index contributed by atoms with van der Waals surface area (Å²) in [5.41, 5.74) is 1.01. The average Bonchev–Trinajstić information content (AvgIpc) is 2.64. The summed E-state index contributed by atoms with van der Waals surface area (Å²) in [4.78, 5) is 22.3. The van der Waals surface area contributed by atoms with Crippen LogP contribution in [0, 0.1) is 0 Å². The SMILES string of the molecule is Cn1nccc1CCNC(=O)NC(=O)CCCl. The number of hydrogen-bond acceptors (Lipinski definition) is 3. The van der Waals surface area contributed by atoms with E-state index in [0.717, 1.165) is 5.69 Å². The minimum Gasteiger partial charge on any atom is -0.337 e. The number of urea groups is 1. The monoisotopic (exact) mass is 258 g/mol. The highest BCUT2D eigenvalue weighted by atomic mass is 35.5. The second-order valence-corrected chi connectivity index (χ2v) is 3.82. The van der Waals surface area contributed by atoms with E-state index in [4.69, 9.17) is 11.6 Å². The van der Waals surface area contributed by atoms with Crippen LogP contribution in [0.4, 0.5) is 4.79 Å². The number of aryl methyl sites for hydroxylation is 1. The number of amides is 3. The van der Waals surface area contributed by atoms with Gasteiger partial charge in [-0.05, 0) is 6.07 Å². The molecule has 1 aromatic heterocycles. The lowest BCUT2D eigenvalue weighted by Crippen LogP contribution is -2.40. The highest BCUT2D eigenvalue weighted by Crippen LogP contribution is 1.95. The molecule has 2 N–H and O–H groups in total. The first-order valence-electron chi connectivity index (χ1n) is 5.24. The molecule has 0 spiro atoms. The number of nitrogens with zero attached hydrogens (tertiary/aromatic N) is 2. The molecule has 0 radical (unpaired) electrons. The van der Waals surface area contributed by atoms with Gasteiger partial charge in [0.15, 0.2) is 0 Å². The highest BCUT2D eigenvalue weighted by molar-refractivity contribution is 6.19. The third-order valence-corrected chi connectivity index (χ3v) is 2.35. The van der Waals surface area contributed by atoms with E-state index < -0.39 is 6.03 Å². The third-order valence-electron chi connectivity index (χ3n) is 2.16. The molecule has 0 saturated heterocycles. The van der Waals surface area contributed by atoms with E-state index in [2.05, 4.69) is 15.7 Å². The number of aromatic nitrogens is 2. The fourth-order valence-corrected chi connectivity index (χ4v) is 1.44. The largest absolute Gasteiger partial charge is 0.337 e. The quantitative estimate of drug-likeness (QED) is 0.752. The van der Waals surface area contributed by atoms with Crippen molar-refractivity contribution < 1.29 is 9.59 Å². The molecule has 94 valence electrons. The number of carbonyl (C=O) groups is 2. The fourth-order valence-electron chi connectivity index (χ4n) is 1.27. The topological polar surface area (TPSA) is 76.0 Å². The number of hydrogen-bond donors (Lipinski definition) is 2. The van der Waals surface area contributed by atoms with E-state index in [-0.39, 0.29) is 18.2 Å². The standard InChI is InChI=1S/C10H15ClN4O2/c1-15-8(4-7-13-15)3-6-12-10(17)14-9(16)2-5-11/h4,7H,2-3,5-6H2,1H3,(H2,12,14,16,17). The molecule has 0 fully saturated rings. The van der Waals surface area contributed by atoms with Crippen molar-refractivity contribution in [3.05, 3.63) is 18.0 Å². The van der Waals surface area contributed by atoms with Crippen LogP contribution in [0.25, 0.3) is 0 Å². The maximum atomic E-state index is 11.2. The van der Waals surface area contributed by atoms with Crippen LogP contribution in [0.2, 0.25) is 0 Å². The first-order chi connectivity index (χ1) is 8.13. The van der Waals surface area contributed by atoms with Crippen molar-refractivity contribution in [1.29, 1.82) is 0 Å². The zero-order valence-electron chi connectivity index (χ0n) is 9.57. The van der Waals surface area contributed by atoms with Crippen molar-refractivity contribution >= 4 is 23.5 Å². The van der Waals surface area contributed by atoms with Crippen LogP contribution < -0.4 is 10.6 Å². The van der Waals surface area contributed by atoms with E-state index in [0.29, 0.717) is 13.0 Å². The fraction of sp³-hybridized carbons (Fsp3) is 0.500. The molecule has 1 heterocycles. The lowest BCUT2D eigenvalue weighted by atomic mass is 10.3. The molecule has 6 nitrogen and oxygen atoms in total. The summed E-state index contributed by atoms with van der Waals surface area (Å²) in [6.07, 6.45) is 2.49. The maximum absolute atomic E-state index is 11.2. The molecule has 1 aromatic rings. The van der Waals surface area contributed by atoms with Gasteiger partial charge in [-0.15, -0.1) is 11.6 Å². The van der Waals surface area contributed by atoms with Gasteiger partial charge in [-0.2, -0.15) is 5.10 Å². The Morgan fingerprint density at radius 3 is 2.88 bits per heavy atom. The van der Waals surface area contributed by atoms with Crippen LogP contribution in [0.15, 0.2) is 12.3 Å². The Morgan fingerprint density at radius 1 is 1.53 bits per heavy atom. The predicted octanol–water partition coefficient (Wildman–Crippen LogP) is 0.417. The molecule has 0 aliphatic heterocycles. The Hall–Kier alpha value is -1.56. The molecule has 0 aromatic carbocycles. The minimum atomic E-state index is -0.498. The summed E-state index contributed by atoms with van der Waals surface area (Å²) in [6, 6.07) is 1.38. The molecule has 0 aliphatic carbocycles. The average molecular weight is 259 g/mol. The normalized spacial score (nSPS) is 10.0. The summed E-state index contributed by atoms with van der Waals surface area (Å²) < 4.78 is 1.73. The summed E-state index contributed by atoms with van der Waals surface area (Å²) in [5.74, 6) is -0.174. The molecule has 0 unspecified atom stereocenters. The Labute approximate surface area is 104 Å². The first-order valence-corrected chi connectivity index (χ1v) is 5.77. The highest BCUT2D eigenvalue weighted by Gasteiger charge is 2.06. The predicted molar refractivity (Wildman–Crippen MR) is 63.8 cm³/mol. The van der Waals surface area contributed by atoms with Crippen molar-refractivity contribution in [2.75, 3.05) is 12.4 Å². The molecule has 0 saturated carbocycles. The van der Waals surface area contributed by atoms with Crippen LogP contribution in [0.5, 0.6) is 0 Å². The Kier molecular flexibility index (Phi) is 5.48. The summed E-state index contributed by atoms with van der Waals surface area (Å²) in [7, 11) is 1.83. The Balaban J connectivity index is 2.21. The van der Waals surface area contributed by atoms with Crippen molar-refractivity contribution in [3.63, 3.8) is 0 Å². The molecule has 3 amide bonds. The number of nitrogens with one attached hydrogen (secondary N) is 2. The molecule has 7 heteroatoms. The first kappa shape index (κ1) is 13.5. The summed E-state index contributed by atoms with van der Waals surface area (Å²) in [6.45, 7) is 0.444. The van der Waals surface area contributed by atoms with Crippen LogP contribution >= 0.6 is 11.6 Å². The molecular weight excluding hydrogens is 244 g/mol. The third kappa shape index (κ3) is 4.86. The van der Waals surface area contributed by atoms with Gasteiger partial charge >= 0.3 is 6.03 Å². The van der Waals surface area contributed by atoms with Gasteiger partial charge in [0.2, 0.25) is 5.91 Å². The molecule has 0 bridgehead atoms. The summed E-state index contributed by atoms with van der Waals surface area (Å²) in [5, 5.41) is 8.77. The van der Waals surface area contributed by atoms with Crippen molar-refractivity contribution in [1.82, 2.24) is 20.4 Å². The van der Waals surface area contributed by atoms with E-state index in [9.17, 15) is 9.59 Å². The van der Waals surface area contributed by atoms with Gasteiger partial charge in [-0.1, -0.05) is 0 Å². The van der Waals surface area contributed by atoms with E-state index in [1.807, 2.05) is 13.1 Å². The number of rotatable bonds is 5. The summed E-state index contributed by atoms with van der Waals surface area (Å²) >= 11 is 5.37. The van der Waals surface area contributed by atoms with Gasteiger partial charge in [0.05, 0.1) is 0 Å². The number of carbonyl (C=O) groups excluding carboxylic acids is 2. The van der Waals surface area contributed by atoms with Gasteiger partial charge in [0, 0.05) is 44.2 Å². The smallest absolute Gasteiger partial charge is 0.321 e. The molecule has 0 aliphatic rings. The van der Waals surface area contributed by atoms with Crippen LogP contribution in [-0.2, 0) is 18.3 Å². The second-order valence-electron chi connectivity index (χ2n) is 3.44. The van der Waals surface area contributed by atoms with Crippen molar-refractivity contribution in [3.8, 4) is 0 Å². The van der Waals surface area contributed by atoms with Gasteiger partial charge in [0.25, 0.3) is 0 Å². The molecule has 1 rings (SSSR count). The van der Waals surface area contributed by atoms with Crippen LogP contribution in [0.3, 0.4) is 0 Å². The Morgan fingerprint density at radius 2 is 2.29 bits per heavy atom. The van der Waals surface area contributed by atoms with Crippen LogP contribution in [0.1, 0.15) is 12.1 Å². The molecular formula is C10H15ClN4O2. The Bertz CT molecular complexity index is 391.